The number of hydrogen-bond donors (Lipinski definition) is 1. The van der Waals surface area contributed by atoms with E-state index in [4.69, 9.17) is 5.11 Å². The van der Waals surface area contributed by atoms with Gasteiger partial charge in [0.15, 0.2) is 0 Å². The van der Waals surface area contributed by atoms with Crippen molar-refractivity contribution >= 4 is 11.9 Å². The summed E-state index contributed by atoms with van der Waals surface area (Å²) in [5.74, 6) is -1.81. The second-order valence-corrected chi connectivity index (χ2v) is 3.95. The quantitative estimate of drug-likeness (QED) is 0.847. The standard InChI is InChI=1S/C13H9N3O4/c17-12(18)5-8-1-3-10(14-6-8)11-4-2-9(7-15-11)13(19)16-20/h1-4,6-7H,5H2,(H,17,18). The third-order valence-electron chi connectivity index (χ3n) is 2.54. The molecule has 2 aromatic rings. The van der Waals surface area contributed by atoms with Gasteiger partial charge in [-0.1, -0.05) is 6.07 Å². The minimum atomic E-state index is -0.929. The van der Waals surface area contributed by atoms with Crippen LogP contribution in [0.2, 0.25) is 0 Å². The van der Waals surface area contributed by atoms with Crippen LogP contribution in [-0.2, 0) is 11.2 Å². The summed E-state index contributed by atoms with van der Waals surface area (Å²) >= 11 is 0. The molecule has 7 heteroatoms. The Labute approximate surface area is 113 Å². The highest BCUT2D eigenvalue weighted by atomic mass is 16.4. The van der Waals surface area contributed by atoms with Crippen LogP contribution in [0.5, 0.6) is 0 Å². The number of pyridine rings is 2. The van der Waals surface area contributed by atoms with Crippen molar-refractivity contribution in [2.75, 3.05) is 0 Å². The van der Waals surface area contributed by atoms with E-state index in [0.29, 0.717) is 17.0 Å². The lowest BCUT2D eigenvalue weighted by Crippen LogP contribution is -2.01. The third-order valence-corrected chi connectivity index (χ3v) is 2.54. The fourth-order valence-corrected chi connectivity index (χ4v) is 1.58. The number of rotatable bonds is 4. The highest BCUT2D eigenvalue weighted by Gasteiger charge is 2.08. The van der Waals surface area contributed by atoms with Gasteiger partial charge in [0.1, 0.15) is 0 Å². The van der Waals surface area contributed by atoms with Crippen molar-refractivity contribution in [1.82, 2.24) is 9.97 Å². The predicted molar refractivity (Wildman–Crippen MR) is 68.9 cm³/mol. The van der Waals surface area contributed by atoms with Gasteiger partial charge in [-0.25, -0.2) is 0 Å². The first-order valence-corrected chi connectivity index (χ1v) is 5.61. The zero-order valence-electron chi connectivity index (χ0n) is 10.2. The van der Waals surface area contributed by atoms with Gasteiger partial charge in [-0.05, 0) is 23.8 Å². The Morgan fingerprint density at radius 3 is 2.15 bits per heavy atom. The topological polar surface area (TPSA) is 110 Å². The summed E-state index contributed by atoms with van der Waals surface area (Å²) in [6, 6.07) is 6.25. The number of aromatic nitrogens is 2. The lowest BCUT2D eigenvalue weighted by Gasteiger charge is -2.02. The molecule has 20 heavy (non-hydrogen) atoms. The molecule has 1 amide bonds. The second-order valence-electron chi connectivity index (χ2n) is 3.95. The van der Waals surface area contributed by atoms with E-state index in [1.54, 1.807) is 12.1 Å². The van der Waals surface area contributed by atoms with Gasteiger partial charge in [-0.2, -0.15) is 0 Å². The molecule has 0 bridgehead atoms. The van der Waals surface area contributed by atoms with Gasteiger partial charge in [-0.15, -0.1) is 4.91 Å². The summed E-state index contributed by atoms with van der Waals surface area (Å²) in [7, 11) is 0. The number of carboxylic acids is 1. The number of nitrogens with zero attached hydrogens (tertiary/aromatic N) is 3. The summed E-state index contributed by atoms with van der Waals surface area (Å²) in [4.78, 5) is 39.8. The maximum Gasteiger partial charge on any atom is 0.318 e. The number of amides is 1. The van der Waals surface area contributed by atoms with E-state index in [1.807, 2.05) is 0 Å². The van der Waals surface area contributed by atoms with E-state index in [2.05, 4.69) is 15.1 Å². The lowest BCUT2D eigenvalue weighted by molar-refractivity contribution is -0.136. The van der Waals surface area contributed by atoms with Crippen LogP contribution >= 0.6 is 0 Å². The molecular weight excluding hydrogens is 262 g/mol. The first-order chi connectivity index (χ1) is 9.60. The van der Waals surface area contributed by atoms with Crippen molar-refractivity contribution in [2.24, 2.45) is 5.18 Å². The van der Waals surface area contributed by atoms with Crippen molar-refractivity contribution in [3.63, 3.8) is 0 Å². The molecule has 2 heterocycles. The fourth-order valence-electron chi connectivity index (χ4n) is 1.58. The molecule has 0 aromatic carbocycles. The van der Waals surface area contributed by atoms with E-state index in [-0.39, 0.29) is 12.0 Å². The number of carbonyl (C=O) groups excluding carboxylic acids is 1. The first-order valence-electron chi connectivity index (χ1n) is 5.61. The molecule has 0 aliphatic rings. The highest BCUT2D eigenvalue weighted by molar-refractivity contribution is 5.94. The molecule has 1 N–H and O–H groups in total. The summed E-state index contributed by atoms with van der Waals surface area (Å²) in [5.41, 5.74) is 1.73. The normalized spacial score (nSPS) is 10.0. The van der Waals surface area contributed by atoms with Crippen LogP contribution in [0.15, 0.2) is 41.8 Å². The predicted octanol–water partition coefficient (Wildman–Crippen LogP) is 1.68. The maximum atomic E-state index is 11.0. The molecular formula is C13H9N3O4. The molecule has 0 aliphatic heterocycles. The van der Waals surface area contributed by atoms with Crippen LogP contribution in [0, 0.1) is 4.91 Å². The molecule has 0 saturated heterocycles. The molecule has 2 rings (SSSR count). The molecule has 0 fully saturated rings. The Kier molecular flexibility index (Phi) is 3.90. The van der Waals surface area contributed by atoms with Crippen molar-refractivity contribution in [3.8, 4) is 11.4 Å². The minimum Gasteiger partial charge on any atom is -0.481 e. The Bertz CT molecular complexity index is 650. The Hall–Kier alpha value is -2.96. The minimum absolute atomic E-state index is 0.0981. The van der Waals surface area contributed by atoms with Gasteiger partial charge in [0.25, 0.3) is 0 Å². The summed E-state index contributed by atoms with van der Waals surface area (Å²) in [6.45, 7) is 0. The molecule has 0 aliphatic carbocycles. The number of nitroso groups, excluding NO2 is 1. The van der Waals surface area contributed by atoms with Gasteiger partial charge in [0.2, 0.25) is 0 Å². The Balaban J connectivity index is 2.21. The van der Waals surface area contributed by atoms with Gasteiger partial charge in [0.05, 0.1) is 23.4 Å². The molecule has 0 radical (unpaired) electrons. The van der Waals surface area contributed by atoms with Crippen molar-refractivity contribution in [3.05, 3.63) is 52.7 Å². The van der Waals surface area contributed by atoms with Crippen molar-refractivity contribution in [2.45, 2.75) is 6.42 Å². The van der Waals surface area contributed by atoms with Crippen LogP contribution in [0.25, 0.3) is 11.4 Å². The fraction of sp³-hybridized carbons (Fsp3) is 0.0769. The van der Waals surface area contributed by atoms with Crippen molar-refractivity contribution < 1.29 is 14.7 Å². The van der Waals surface area contributed by atoms with E-state index in [1.165, 1.54) is 24.5 Å². The average Bonchev–Trinajstić information content (AvgIpc) is 2.47. The number of hydrogen-bond acceptors (Lipinski definition) is 5. The van der Waals surface area contributed by atoms with E-state index < -0.39 is 11.9 Å². The summed E-state index contributed by atoms with van der Waals surface area (Å²) in [6.07, 6.45) is 2.60. The van der Waals surface area contributed by atoms with Gasteiger partial charge >= 0.3 is 11.9 Å². The molecule has 0 unspecified atom stereocenters. The first kappa shape index (κ1) is 13.5. The zero-order chi connectivity index (χ0) is 14.5. The van der Waals surface area contributed by atoms with Crippen LogP contribution < -0.4 is 0 Å². The molecule has 0 saturated carbocycles. The monoisotopic (exact) mass is 271 g/mol. The molecule has 0 atom stereocenters. The zero-order valence-corrected chi connectivity index (χ0v) is 10.2. The average molecular weight is 271 g/mol. The van der Waals surface area contributed by atoms with Gasteiger partial charge < -0.3 is 5.11 Å². The van der Waals surface area contributed by atoms with E-state index in [0.717, 1.165) is 0 Å². The largest absolute Gasteiger partial charge is 0.481 e. The third kappa shape index (κ3) is 3.08. The molecule has 0 spiro atoms. The van der Waals surface area contributed by atoms with Gasteiger partial charge in [-0.3, -0.25) is 19.6 Å². The van der Waals surface area contributed by atoms with Crippen molar-refractivity contribution in [1.29, 1.82) is 0 Å². The molecule has 100 valence electrons. The Morgan fingerprint density at radius 1 is 1.05 bits per heavy atom. The molecule has 2 aromatic heterocycles. The highest BCUT2D eigenvalue weighted by Crippen LogP contribution is 2.15. The van der Waals surface area contributed by atoms with Crippen LogP contribution in [0.1, 0.15) is 15.9 Å². The second kappa shape index (κ2) is 5.79. The lowest BCUT2D eigenvalue weighted by atomic mass is 10.1. The SMILES string of the molecule is O=NC(=O)c1ccc(-c2ccc(CC(=O)O)cn2)nc1. The van der Waals surface area contributed by atoms with Gasteiger partial charge in [0, 0.05) is 17.6 Å². The summed E-state index contributed by atoms with van der Waals surface area (Å²) < 4.78 is 0. The smallest absolute Gasteiger partial charge is 0.318 e. The number of carboxylic acid groups (broad SMARTS) is 1. The van der Waals surface area contributed by atoms with E-state index in [9.17, 15) is 14.5 Å². The van der Waals surface area contributed by atoms with Crippen LogP contribution in [0.4, 0.5) is 0 Å². The number of aliphatic carboxylic acids is 1. The maximum absolute atomic E-state index is 11.0. The molecule has 7 nitrogen and oxygen atoms in total. The van der Waals surface area contributed by atoms with Crippen LogP contribution in [-0.4, -0.2) is 27.0 Å². The number of carbonyl (C=O) groups is 2. The van der Waals surface area contributed by atoms with Crippen LogP contribution in [0.3, 0.4) is 0 Å². The van der Waals surface area contributed by atoms with E-state index >= 15 is 0 Å². The summed E-state index contributed by atoms with van der Waals surface area (Å²) in [5, 5.41) is 11.0. The Morgan fingerprint density at radius 2 is 1.70 bits per heavy atom.